The summed E-state index contributed by atoms with van der Waals surface area (Å²) in [5.41, 5.74) is 3.55. The molecule has 0 spiro atoms. The molecule has 0 N–H and O–H groups in total. The molecule has 1 fully saturated rings. The highest BCUT2D eigenvalue weighted by molar-refractivity contribution is 7.22. The fourth-order valence-corrected chi connectivity index (χ4v) is 4.76. The van der Waals surface area contributed by atoms with Crippen LogP contribution in [-0.4, -0.2) is 23.1 Å². The van der Waals surface area contributed by atoms with Crippen LogP contribution in [0.5, 0.6) is 0 Å². The third kappa shape index (κ3) is 2.45. The molecule has 1 aliphatic rings. The fraction of sp³-hybridized carbons (Fsp3) is 0.375. The average Bonchev–Trinajstić information content (AvgIpc) is 3.14. The van der Waals surface area contributed by atoms with Gasteiger partial charge in [0.1, 0.15) is 0 Å². The third-order valence-corrected chi connectivity index (χ3v) is 6.20. The number of hydrogen-bond acceptors (Lipinski definition) is 5. The number of fused-ring (bicyclic) bond motifs is 1. The van der Waals surface area contributed by atoms with Crippen molar-refractivity contribution in [1.29, 1.82) is 0 Å². The van der Waals surface area contributed by atoms with E-state index in [0.717, 1.165) is 29.4 Å². The van der Waals surface area contributed by atoms with Crippen molar-refractivity contribution in [1.82, 2.24) is 9.97 Å². The van der Waals surface area contributed by atoms with Gasteiger partial charge in [0, 0.05) is 30.1 Å². The fourth-order valence-electron chi connectivity index (χ4n) is 2.86. The molecule has 5 heteroatoms. The summed E-state index contributed by atoms with van der Waals surface area (Å²) < 4.78 is 1.28. The number of hydrogen-bond donors (Lipinski definition) is 0. The summed E-state index contributed by atoms with van der Waals surface area (Å²) in [7, 11) is 0. The van der Waals surface area contributed by atoms with Crippen molar-refractivity contribution in [2.45, 2.75) is 26.2 Å². The first-order valence-electron chi connectivity index (χ1n) is 7.23. The van der Waals surface area contributed by atoms with Gasteiger partial charge in [0.25, 0.3) is 0 Å². The van der Waals surface area contributed by atoms with E-state index in [1.54, 1.807) is 22.7 Å². The molecule has 108 valence electrons. The van der Waals surface area contributed by atoms with E-state index < -0.39 is 0 Å². The van der Waals surface area contributed by atoms with E-state index in [2.05, 4.69) is 47.3 Å². The van der Waals surface area contributed by atoms with Crippen LogP contribution in [-0.2, 0) is 0 Å². The standard InChI is InChI=1S/C16H17N3S2/c1-10-3-4-14-13(7-10)18-16(21-14)19-6-5-12(8-19)15-17-11(2)9-20-15/h3-4,7,9,12H,5-6,8H2,1-2H3. The second-order valence-electron chi connectivity index (χ2n) is 5.73. The lowest BCUT2D eigenvalue weighted by Crippen LogP contribution is -2.18. The minimum atomic E-state index is 0.567. The van der Waals surface area contributed by atoms with Crippen molar-refractivity contribution in [3.05, 3.63) is 39.8 Å². The summed E-state index contributed by atoms with van der Waals surface area (Å²) in [6.07, 6.45) is 1.18. The Morgan fingerprint density at radius 3 is 2.95 bits per heavy atom. The van der Waals surface area contributed by atoms with Gasteiger partial charge in [-0.05, 0) is 38.0 Å². The Hall–Kier alpha value is -1.46. The van der Waals surface area contributed by atoms with Crippen molar-refractivity contribution in [2.24, 2.45) is 0 Å². The van der Waals surface area contributed by atoms with Crippen LogP contribution in [0.2, 0.25) is 0 Å². The molecule has 4 rings (SSSR count). The summed E-state index contributed by atoms with van der Waals surface area (Å²) in [6, 6.07) is 6.52. The molecule has 0 bridgehead atoms. The predicted molar refractivity (Wildman–Crippen MR) is 90.8 cm³/mol. The summed E-state index contributed by atoms with van der Waals surface area (Å²) in [6.45, 7) is 6.32. The highest BCUT2D eigenvalue weighted by atomic mass is 32.1. The molecule has 1 saturated heterocycles. The second-order valence-corrected chi connectivity index (χ2v) is 7.63. The Kier molecular flexibility index (Phi) is 3.19. The zero-order chi connectivity index (χ0) is 14.4. The molecule has 3 nitrogen and oxygen atoms in total. The smallest absolute Gasteiger partial charge is 0.186 e. The molecule has 0 amide bonds. The Morgan fingerprint density at radius 1 is 1.24 bits per heavy atom. The van der Waals surface area contributed by atoms with Gasteiger partial charge in [0.2, 0.25) is 0 Å². The van der Waals surface area contributed by atoms with Crippen LogP contribution in [0.1, 0.15) is 28.6 Å². The van der Waals surface area contributed by atoms with Crippen LogP contribution in [0, 0.1) is 13.8 Å². The van der Waals surface area contributed by atoms with Crippen molar-refractivity contribution < 1.29 is 0 Å². The largest absolute Gasteiger partial charge is 0.347 e. The van der Waals surface area contributed by atoms with Gasteiger partial charge in [-0.2, -0.15) is 0 Å². The van der Waals surface area contributed by atoms with Crippen LogP contribution in [0.4, 0.5) is 5.13 Å². The molecule has 1 aromatic carbocycles. The Morgan fingerprint density at radius 2 is 2.14 bits per heavy atom. The van der Waals surface area contributed by atoms with Gasteiger partial charge in [-0.15, -0.1) is 11.3 Å². The Labute approximate surface area is 132 Å². The quantitative estimate of drug-likeness (QED) is 0.703. The van der Waals surface area contributed by atoms with E-state index in [0.29, 0.717) is 5.92 Å². The van der Waals surface area contributed by atoms with E-state index >= 15 is 0 Å². The molecule has 0 saturated carbocycles. The van der Waals surface area contributed by atoms with Crippen molar-refractivity contribution in [3.8, 4) is 0 Å². The van der Waals surface area contributed by atoms with E-state index in [1.165, 1.54) is 21.7 Å². The lowest BCUT2D eigenvalue weighted by atomic mass is 10.1. The SMILES string of the molecule is Cc1ccc2sc(N3CCC(c4nc(C)cs4)C3)nc2c1. The van der Waals surface area contributed by atoms with E-state index in [1.807, 2.05) is 0 Å². The van der Waals surface area contributed by atoms with Gasteiger partial charge in [-0.1, -0.05) is 17.4 Å². The van der Waals surface area contributed by atoms with E-state index in [4.69, 9.17) is 4.98 Å². The maximum Gasteiger partial charge on any atom is 0.186 e. The topological polar surface area (TPSA) is 29.0 Å². The van der Waals surface area contributed by atoms with Gasteiger partial charge in [-0.3, -0.25) is 0 Å². The number of aromatic nitrogens is 2. The normalized spacial score (nSPS) is 18.8. The van der Waals surface area contributed by atoms with Crippen molar-refractivity contribution in [3.63, 3.8) is 0 Å². The number of benzene rings is 1. The molecule has 2 aromatic heterocycles. The first kappa shape index (κ1) is 13.2. The maximum atomic E-state index is 4.82. The molecule has 3 aromatic rings. The van der Waals surface area contributed by atoms with Gasteiger partial charge < -0.3 is 4.90 Å². The monoisotopic (exact) mass is 315 g/mol. The number of thiazole rings is 2. The number of anilines is 1. The highest BCUT2D eigenvalue weighted by Gasteiger charge is 2.27. The Balaban J connectivity index is 1.59. The number of rotatable bonds is 2. The van der Waals surface area contributed by atoms with E-state index in [-0.39, 0.29) is 0 Å². The van der Waals surface area contributed by atoms with Crippen LogP contribution >= 0.6 is 22.7 Å². The molecule has 0 radical (unpaired) electrons. The lowest BCUT2D eigenvalue weighted by molar-refractivity contribution is 0.763. The minimum absolute atomic E-state index is 0.567. The molecular formula is C16H17N3S2. The molecule has 3 heterocycles. The predicted octanol–water partition coefficient (Wildman–Crippen LogP) is 4.36. The van der Waals surface area contributed by atoms with Gasteiger partial charge in [0.15, 0.2) is 5.13 Å². The maximum absolute atomic E-state index is 4.82. The first-order valence-corrected chi connectivity index (χ1v) is 8.93. The van der Waals surface area contributed by atoms with E-state index in [9.17, 15) is 0 Å². The van der Waals surface area contributed by atoms with Crippen LogP contribution < -0.4 is 4.90 Å². The van der Waals surface area contributed by atoms with Crippen LogP contribution in [0.3, 0.4) is 0 Å². The first-order chi connectivity index (χ1) is 10.2. The molecule has 0 aliphatic carbocycles. The summed E-state index contributed by atoms with van der Waals surface area (Å²) in [5, 5.41) is 4.59. The molecule has 21 heavy (non-hydrogen) atoms. The van der Waals surface area contributed by atoms with Crippen LogP contribution in [0.15, 0.2) is 23.6 Å². The molecule has 1 aliphatic heterocycles. The third-order valence-electron chi connectivity index (χ3n) is 3.98. The highest BCUT2D eigenvalue weighted by Crippen LogP contribution is 2.36. The van der Waals surface area contributed by atoms with Gasteiger partial charge in [0.05, 0.1) is 15.2 Å². The minimum Gasteiger partial charge on any atom is -0.347 e. The van der Waals surface area contributed by atoms with Gasteiger partial charge >= 0.3 is 0 Å². The zero-order valence-electron chi connectivity index (χ0n) is 12.2. The Bertz CT molecular complexity index is 790. The molecular weight excluding hydrogens is 298 g/mol. The lowest BCUT2D eigenvalue weighted by Gasteiger charge is -2.13. The van der Waals surface area contributed by atoms with Crippen LogP contribution in [0.25, 0.3) is 10.2 Å². The summed E-state index contributed by atoms with van der Waals surface area (Å²) >= 11 is 3.60. The molecule has 1 atom stereocenters. The average molecular weight is 315 g/mol. The number of nitrogens with zero attached hydrogens (tertiary/aromatic N) is 3. The summed E-state index contributed by atoms with van der Waals surface area (Å²) in [4.78, 5) is 11.9. The van der Waals surface area contributed by atoms with Crippen molar-refractivity contribution in [2.75, 3.05) is 18.0 Å². The number of aryl methyl sites for hydroxylation is 2. The van der Waals surface area contributed by atoms with Gasteiger partial charge in [-0.25, -0.2) is 9.97 Å². The molecule has 1 unspecified atom stereocenters. The zero-order valence-corrected chi connectivity index (χ0v) is 13.8. The second kappa shape index (κ2) is 5.07. The van der Waals surface area contributed by atoms with Crippen molar-refractivity contribution >= 4 is 38.0 Å². The summed E-state index contributed by atoms with van der Waals surface area (Å²) in [5.74, 6) is 0.567.